The predicted octanol–water partition coefficient (Wildman–Crippen LogP) is 2.73. The van der Waals surface area contributed by atoms with E-state index in [2.05, 4.69) is 21.2 Å². The van der Waals surface area contributed by atoms with Crippen molar-refractivity contribution in [3.8, 4) is 0 Å². The summed E-state index contributed by atoms with van der Waals surface area (Å²) in [6.07, 6.45) is 0. The first-order chi connectivity index (χ1) is 7.11. The molecule has 3 nitrogen and oxygen atoms in total. The van der Waals surface area contributed by atoms with Gasteiger partial charge < -0.3 is 10.1 Å². The third-order valence-corrected chi connectivity index (χ3v) is 2.24. The van der Waals surface area contributed by atoms with E-state index < -0.39 is 0 Å². The lowest BCUT2D eigenvalue weighted by Gasteiger charge is -2.07. The standard InChI is InChI=1S/C11H14BrNO2/c1-3-15-11(14)7-13-10-5-8(2)4-9(12)6-10/h4-6,13H,3,7H2,1-2H3. The fourth-order valence-corrected chi connectivity index (χ4v) is 1.83. The number of carbonyl (C=O) groups is 1. The first-order valence-electron chi connectivity index (χ1n) is 4.78. The fraction of sp³-hybridized carbons (Fsp3) is 0.364. The Morgan fingerprint density at radius 1 is 1.47 bits per heavy atom. The van der Waals surface area contributed by atoms with E-state index in [-0.39, 0.29) is 12.5 Å². The van der Waals surface area contributed by atoms with Crippen molar-refractivity contribution in [2.45, 2.75) is 13.8 Å². The molecule has 0 fully saturated rings. The van der Waals surface area contributed by atoms with Gasteiger partial charge in [-0.1, -0.05) is 15.9 Å². The van der Waals surface area contributed by atoms with Gasteiger partial charge in [-0.15, -0.1) is 0 Å². The second kappa shape index (κ2) is 5.75. The van der Waals surface area contributed by atoms with Gasteiger partial charge in [0.2, 0.25) is 0 Å². The Morgan fingerprint density at radius 2 is 2.20 bits per heavy atom. The molecule has 82 valence electrons. The largest absolute Gasteiger partial charge is 0.465 e. The van der Waals surface area contributed by atoms with E-state index in [0.29, 0.717) is 6.61 Å². The molecule has 0 aliphatic heterocycles. The maximum atomic E-state index is 11.1. The molecule has 1 rings (SSSR count). The van der Waals surface area contributed by atoms with Gasteiger partial charge in [-0.2, -0.15) is 0 Å². The van der Waals surface area contributed by atoms with Crippen molar-refractivity contribution in [3.63, 3.8) is 0 Å². The molecule has 0 aliphatic carbocycles. The maximum Gasteiger partial charge on any atom is 0.325 e. The molecule has 1 aromatic rings. The minimum Gasteiger partial charge on any atom is -0.465 e. The van der Waals surface area contributed by atoms with Crippen molar-refractivity contribution in [2.75, 3.05) is 18.5 Å². The van der Waals surface area contributed by atoms with Crippen LogP contribution >= 0.6 is 15.9 Å². The minimum atomic E-state index is -0.241. The smallest absolute Gasteiger partial charge is 0.325 e. The molecule has 0 aliphatic rings. The van der Waals surface area contributed by atoms with E-state index in [0.717, 1.165) is 15.7 Å². The first kappa shape index (κ1) is 12.0. The third kappa shape index (κ3) is 4.34. The average molecular weight is 272 g/mol. The summed E-state index contributed by atoms with van der Waals surface area (Å²) in [7, 11) is 0. The number of halogens is 1. The monoisotopic (exact) mass is 271 g/mol. The Kier molecular flexibility index (Phi) is 4.62. The topological polar surface area (TPSA) is 38.3 Å². The van der Waals surface area contributed by atoms with E-state index in [9.17, 15) is 4.79 Å². The molecular weight excluding hydrogens is 258 g/mol. The highest BCUT2D eigenvalue weighted by atomic mass is 79.9. The fourth-order valence-electron chi connectivity index (χ4n) is 1.22. The number of hydrogen-bond donors (Lipinski definition) is 1. The maximum absolute atomic E-state index is 11.1. The van der Waals surface area contributed by atoms with Gasteiger partial charge in [-0.25, -0.2) is 0 Å². The van der Waals surface area contributed by atoms with Crippen LogP contribution in [-0.4, -0.2) is 19.1 Å². The molecule has 0 bridgehead atoms. The summed E-state index contributed by atoms with van der Waals surface area (Å²) in [6.45, 7) is 4.41. The number of hydrogen-bond acceptors (Lipinski definition) is 3. The molecule has 0 radical (unpaired) electrons. The lowest BCUT2D eigenvalue weighted by molar-refractivity contribution is -0.140. The molecule has 0 saturated carbocycles. The summed E-state index contributed by atoms with van der Waals surface area (Å²) in [6, 6.07) is 5.91. The van der Waals surface area contributed by atoms with Crippen molar-refractivity contribution in [1.29, 1.82) is 0 Å². The SMILES string of the molecule is CCOC(=O)CNc1cc(C)cc(Br)c1. The lowest BCUT2D eigenvalue weighted by atomic mass is 10.2. The van der Waals surface area contributed by atoms with Crippen LogP contribution in [0.1, 0.15) is 12.5 Å². The molecule has 0 unspecified atom stereocenters. The zero-order valence-corrected chi connectivity index (χ0v) is 10.4. The summed E-state index contributed by atoms with van der Waals surface area (Å²) in [5.41, 5.74) is 2.05. The zero-order valence-electron chi connectivity index (χ0n) is 8.84. The van der Waals surface area contributed by atoms with Crippen LogP contribution in [0.3, 0.4) is 0 Å². The van der Waals surface area contributed by atoms with Crippen LogP contribution in [0, 0.1) is 6.92 Å². The van der Waals surface area contributed by atoms with Crippen molar-refractivity contribution in [1.82, 2.24) is 0 Å². The highest BCUT2D eigenvalue weighted by molar-refractivity contribution is 9.10. The quantitative estimate of drug-likeness (QED) is 0.856. The molecule has 0 heterocycles. The second-order valence-electron chi connectivity index (χ2n) is 3.18. The summed E-state index contributed by atoms with van der Waals surface area (Å²) in [5.74, 6) is -0.241. The number of benzene rings is 1. The highest BCUT2D eigenvalue weighted by Crippen LogP contribution is 2.18. The third-order valence-electron chi connectivity index (χ3n) is 1.78. The zero-order chi connectivity index (χ0) is 11.3. The molecule has 0 amide bonds. The van der Waals surface area contributed by atoms with Gasteiger partial charge in [-0.3, -0.25) is 4.79 Å². The van der Waals surface area contributed by atoms with Crippen LogP contribution in [0.25, 0.3) is 0 Å². The minimum absolute atomic E-state index is 0.198. The van der Waals surface area contributed by atoms with E-state index in [1.54, 1.807) is 6.92 Å². The molecule has 1 N–H and O–H groups in total. The van der Waals surface area contributed by atoms with Crippen LogP contribution < -0.4 is 5.32 Å². The molecule has 0 aromatic heterocycles. The first-order valence-corrected chi connectivity index (χ1v) is 5.58. The summed E-state index contributed by atoms with van der Waals surface area (Å²) in [5, 5.41) is 3.01. The number of nitrogens with one attached hydrogen (secondary N) is 1. The normalized spacial score (nSPS) is 9.80. The van der Waals surface area contributed by atoms with Crippen LogP contribution in [0.4, 0.5) is 5.69 Å². The molecule has 15 heavy (non-hydrogen) atoms. The van der Waals surface area contributed by atoms with E-state index in [1.807, 2.05) is 25.1 Å². The van der Waals surface area contributed by atoms with Gasteiger partial charge in [0.05, 0.1) is 6.61 Å². The number of aryl methyl sites for hydroxylation is 1. The second-order valence-corrected chi connectivity index (χ2v) is 4.09. The van der Waals surface area contributed by atoms with E-state index in [1.165, 1.54) is 0 Å². The molecule has 1 aromatic carbocycles. The van der Waals surface area contributed by atoms with Crippen molar-refractivity contribution in [3.05, 3.63) is 28.2 Å². The van der Waals surface area contributed by atoms with Crippen molar-refractivity contribution < 1.29 is 9.53 Å². The van der Waals surface area contributed by atoms with Crippen LogP contribution in [0.15, 0.2) is 22.7 Å². The average Bonchev–Trinajstić information content (AvgIpc) is 2.14. The van der Waals surface area contributed by atoms with Gasteiger partial charge in [-0.05, 0) is 37.6 Å². The van der Waals surface area contributed by atoms with Crippen molar-refractivity contribution >= 4 is 27.6 Å². The van der Waals surface area contributed by atoms with Gasteiger partial charge in [0.1, 0.15) is 6.54 Å². The van der Waals surface area contributed by atoms with Gasteiger partial charge in [0.25, 0.3) is 0 Å². The Hall–Kier alpha value is -1.03. The number of rotatable bonds is 4. The van der Waals surface area contributed by atoms with Gasteiger partial charge in [0.15, 0.2) is 0 Å². The summed E-state index contributed by atoms with van der Waals surface area (Å²) in [4.78, 5) is 11.1. The predicted molar refractivity (Wildman–Crippen MR) is 64.0 cm³/mol. The Balaban J connectivity index is 2.54. The van der Waals surface area contributed by atoms with E-state index >= 15 is 0 Å². The summed E-state index contributed by atoms with van der Waals surface area (Å²) < 4.78 is 5.81. The van der Waals surface area contributed by atoms with Crippen LogP contribution in [0.2, 0.25) is 0 Å². The van der Waals surface area contributed by atoms with Gasteiger partial charge in [0, 0.05) is 10.2 Å². The Labute approximate surface area is 97.9 Å². The highest BCUT2D eigenvalue weighted by Gasteiger charge is 2.01. The molecule has 0 saturated heterocycles. The number of anilines is 1. The lowest BCUT2D eigenvalue weighted by Crippen LogP contribution is -2.16. The van der Waals surface area contributed by atoms with E-state index in [4.69, 9.17) is 4.74 Å². The molecule has 4 heteroatoms. The Morgan fingerprint density at radius 3 is 2.80 bits per heavy atom. The van der Waals surface area contributed by atoms with Crippen LogP contribution in [0.5, 0.6) is 0 Å². The summed E-state index contributed by atoms with van der Waals surface area (Å²) >= 11 is 3.39. The number of carbonyl (C=O) groups excluding carboxylic acids is 1. The Bertz CT molecular complexity index is 332. The van der Waals surface area contributed by atoms with Gasteiger partial charge >= 0.3 is 5.97 Å². The number of esters is 1. The molecule has 0 atom stereocenters. The van der Waals surface area contributed by atoms with Crippen molar-refractivity contribution in [2.24, 2.45) is 0 Å². The molecular formula is C11H14BrNO2. The number of ether oxygens (including phenoxy) is 1. The van der Waals surface area contributed by atoms with Crippen LogP contribution in [-0.2, 0) is 9.53 Å². The molecule has 0 spiro atoms.